The molecule has 7 heteroatoms. The molecule has 1 aromatic heterocycles. The number of halogens is 2. The molecule has 0 radical (unpaired) electrons. The van der Waals surface area contributed by atoms with Gasteiger partial charge in [0.1, 0.15) is 0 Å². The van der Waals surface area contributed by atoms with Crippen molar-refractivity contribution in [2.75, 3.05) is 11.1 Å². The molecule has 0 unspecified atom stereocenters. The van der Waals surface area contributed by atoms with Gasteiger partial charge in [-0.3, -0.25) is 9.89 Å². The minimum absolute atomic E-state index is 0.201. The van der Waals surface area contributed by atoms with Crippen LogP contribution < -0.4 is 11.1 Å². The van der Waals surface area contributed by atoms with E-state index < -0.39 is 0 Å². The number of nitrogen functional groups attached to an aromatic ring is 1. The van der Waals surface area contributed by atoms with Crippen LogP contribution >= 0.6 is 27.5 Å². The van der Waals surface area contributed by atoms with Gasteiger partial charge >= 0.3 is 0 Å². The minimum Gasteiger partial charge on any atom is -0.395 e. The molecule has 1 amide bonds. The SMILES string of the molecule is CCCc1[nH]nc(C(=O)Nc2ccc(Br)c(Cl)c2)c1N. The summed E-state index contributed by atoms with van der Waals surface area (Å²) in [7, 11) is 0. The van der Waals surface area contributed by atoms with Crippen molar-refractivity contribution in [3.8, 4) is 0 Å². The zero-order valence-corrected chi connectivity index (χ0v) is 13.2. The van der Waals surface area contributed by atoms with E-state index in [1.165, 1.54) is 0 Å². The van der Waals surface area contributed by atoms with E-state index in [1.807, 2.05) is 6.92 Å². The summed E-state index contributed by atoms with van der Waals surface area (Å²) in [5.41, 5.74) is 7.88. The van der Waals surface area contributed by atoms with Crippen LogP contribution in [0.2, 0.25) is 5.02 Å². The summed E-state index contributed by atoms with van der Waals surface area (Å²) in [5, 5.41) is 9.99. The molecule has 0 aliphatic carbocycles. The van der Waals surface area contributed by atoms with Gasteiger partial charge in [-0.05, 0) is 40.5 Å². The third-order valence-corrected chi connectivity index (χ3v) is 4.01. The molecule has 1 aromatic carbocycles. The third kappa shape index (κ3) is 3.13. The van der Waals surface area contributed by atoms with Crippen LogP contribution in [-0.2, 0) is 6.42 Å². The fourth-order valence-corrected chi connectivity index (χ4v) is 2.19. The van der Waals surface area contributed by atoms with Crippen LogP contribution in [0.3, 0.4) is 0 Å². The Kier molecular flexibility index (Phi) is 4.67. The average Bonchev–Trinajstić information content (AvgIpc) is 2.76. The smallest absolute Gasteiger partial charge is 0.278 e. The van der Waals surface area contributed by atoms with Crippen LogP contribution in [0.15, 0.2) is 22.7 Å². The molecule has 5 nitrogen and oxygen atoms in total. The summed E-state index contributed by atoms with van der Waals surface area (Å²) in [5.74, 6) is -0.362. The molecule has 0 fully saturated rings. The van der Waals surface area contributed by atoms with E-state index in [4.69, 9.17) is 17.3 Å². The summed E-state index contributed by atoms with van der Waals surface area (Å²) in [6, 6.07) is 5.15. The molecule has 0 saturated carbocycles. The number of hydrogen-bond donors (Lipinski definition) is 3. The van der Waals surface area contributed by atoms with E-state index in [9.17, 15) is 4.79 Å². The second-order valence-electron chi connectivity index (χ2n) is 4.30. The monoisotopic (exact) mass is 356 g/mol. The fourth-order valence-electron chi connectivity index (χ4n) is 1.76. The van der Waals surface area contributed by atoms with Crippen molar-refractivity contribution in [3.63, 3.8) is 0 Å². The Labute approximate surface area is 130 Å². The van der Waals surface area contributed by atoms with E-state index in [2.05, 4.69) is 31.4 Å². The topological polar surface area (TPSA) is 83.8 Å². The van der Waals surface area contributed by atoms with Crippen molar-refractivity contribution in [2.45, 2.75) is 19.8 Å². The molecule has 0 spiro atoms. The van der Waals surface area contributed by atoms with E-state index in [1.54, 1.807) is 18.2 Å². The van der Waals surface area contributed by atoms with E-state index in [0.717, 1.165) is 23.0 Å². The molecule has 0 aliphatic rings. The van der Waals surface area contributed by atoms with Gasteiger partial charge in [0.15, 0.2) is 5.69 Å². The van der Waals surface area contributed by atoms with Gasteiger partial charge in [-0.2, -0.15) is 5.10 Å². The second-order valence-corrected chi connectivity index (χ2v) is 5.56. The van der Waals surface area contributed by atoms with Crippen molar-refractivity contribution < 1.29 is 4.79 Å². The molecule has 0 atom stereocenters. The van der Waals surface area contributed by atoms with Crippen LogP contribution in [0.25, 0.3) is 0 Å². The number of nitrogens with one attached hydrogen (secondary N) is 2. The number of H-pyrrole nitrogens is 1. The number of aryl methyl sites for hydroxylation is 1. The summed E-state index contributed by atoms with van der Waals surface area (Å²) >= 11 is 9.27. The number of anilines is 2. The van der Waals surface area contributed by atoms with Gasteiger partial charge in [0.25, 0.3) is 5.91 Å². The molecular weight excluding hydrogens is 344 g/mol. The molecule has 106 valence electrons. The minimum atomic E-state index is -0.362. The summed E-state index contributed by atoms with van der Waals surface area (Å²) < 4.78 is 0.765. The number of nitrogens with zero attached hydrogens (tertiary/aromatic N) is 1. The highest BCUT2D eigenvalue weighted by Crippen LogP contribution is 2.26. The van der Waals surface area contributed by atoms with Gasteiger partial charge in [0, 0.05) is 10.2 Å². The van der Waals surface area contributed by atoms with Crippen molar-refractivity contribution in [2.24, 2.45) is 0 Å². The predicted molar refractivity (Wildman–Crippen MR) is 84.1 cm³/mol. The van der Waals surface area contributed by atoms with Crippen molar-refractivity contribution >= 4 is 44.8 Å². The van der Waals surface area contributed by atoms with Crippen molar-refractivity contribution in [3.05, 3.63) is 39.1 Å². The lowest BCUT2D eigenvalue weighted by molar-refractivity contribution is 0.102. The molecule has 0 bridgehead atoms. The fraction of sp³-hybridized carbons (Fsp3) is 0.231. The van der Waals surface area contributed by atoms with Crippen LogP contribution in [0, 0.1) is 0 Å². The number of nitrogens with two attached hydrogens (primary N) is 1. The standard InChI is InChI=1S/C13H14BrClN4O/c1-2-3-10-11(16)12(19-18-10)13(20)17-7-4-5-8(14)9(15)6-7/h4-6H,2-3,16H2,1H3,(H,17,20)(H,18,19). The highest BCUT2D eigenvalue weighted by molar-refractivity contribution is 9.10. The Hall–Kier alpha value is -1.53. The lowest BCUT2D eigenvalue weighted by Gasteiger charge is -2.05. The quantitative estimate of drug-likeness (QED) is 0.781. The Morgan fingerprint density at radius 3 is 2.95 bits per heavy atom. The first kappa shape index (κ1) is 14.9. The van der Waals surface area contributed by atoms with E-state index in [0.29, 0.717) is 16.4 Å². The van der Waals surface area contributed by atoms with Gasteiger partial charge in [-0.25, -0.2) is 0 Å². The number of hydrogen-bond acceptors (Lipinski definition) is 3. The number of aromatic nitrogens is 2. The molecule has 4 N–H and O–H groups in total. The van der Waals surface area contributed by atoms with Crippen molar-refractivity contribution in [1.29, 1.82) is 0 Å². The summed E-state index contributed by atoms with van der Waals surface area (Å²) in [4.78, 5) is 12.1. The first-order chi connectivity index (χ1) is 9.52. The van der Waals surface area contributed by atoms with Crippen molar-refractivity contribution in [1.82, 2.24) is 10.2 Å². The van der Waals surface area contributed by atoms with Gasteiger partial charge < -0.3 is 11.1 Å². The largest absolute Gasteiger partial charge is 0.395 e. The number of carbonyl (C=O) groups excluding carboxylic acids is 1. The molecule has 1 heterocycles. The Balaban J connectivity index is 2.17. The zero-order chi connectivity index (χ0) is 14.7. The number of carbonyl (C=O) groups is 1. The lowest BCUT2D eigenvalue weighted by Crippen LogP contribution is -2.14. The van der Waals surface area contributed by atoms with E-state index >= 15 is 0 Å². The van der Waals surface area contributed by atoms with Gasteiger partial charge in [-0.15, -0.1) is 0 Å². The highest BCUT2D eigenvalue weighted by Gasteiger charge is 2.17. The molecule has 20 heavy (non-hydrogen) atoms. The predicted octanol–water partition coefficient (Wildman–Crippen LogP) is 3.61. The number of aromatic amines is 1. The van der Waals surface area contributed by atoms with Crippen LogP contribution in [0.4, 0.5) is 11.4 Å². The summed E-state index contributed by atoms with van der Waals surface area (Å²) in [6.07, 6.45) is 1.69. The molecule has 2 rings (SSSR count). The molecular formula is C13H14BrClN4O. The zero-order valence-electron chi connectivity index (χ0n) is 10.8. The Morgan fingerprint density at radius 1 is 1.55 bits per heavy atom. The first-order valence-corrected chi connectivity index (χ1v) is 7.29. The van der Waals surface area contributed by atoms with E-state index in [-0.39, 0.29) is 11.6 Å². The number of benzene rings is 1. The number of amides is 1. The lowest BCUT2D eigenvalue weighted by atomic mass is 10.2. The summed E-state index contributed by atoms with van der Waals surface area (Å²) in [6.45, 7) is 2.03. The van der Waals surface area contributed by atoms with Gasteiger partial charge in [0.2, 0.25) is 0 Å². The highest BCUT2D eigenvalue weighted by atomic mass is 79.9. The average molecular weight is 358 g/mol. The number of rotatable bonds is 4. The maximum atomic E-state index is 12.1. The maximum absolute atomic E-state index is 12.1. The Bertz CT molecular complexity index is 641. The second kappa shape index (κ2) is 6.28. The normalized spacial score (nSPS) is 10.6. The third-order valence-electron chi connectivity index (χ3n) is 2.78. The van der Waals surface area contributed by atoms with Crippen LogP contribution in [0.5, 0.6) is 0 Å². The molecule has 0 saturated heterocycles. The first-order valence-electron chi connectivity index (χ1n) is 6.12. The Morgan fingerprint density at radius 2 is 2.30 bits per heavy atom. The molecule has 2 aromatic rings. The molecule has 0 aliphatic heterocycles. The maximum Gasteiger partial charge on any atom is 0.278 e. The van der Waals surface area contributed by atoms with Crippen LogP contribution in [0.1, 0.15) is 29.5 Å². The van der Waals surface area contributed by atoms with Gasteiger partial charge in [0.05, 0.1) is 16.4 Å². The van der Waals surface area contributed by atoms with Crippen LogP contribution in [-0.4, -0.2) is 16.1 Å². The van der Waals surface area contributed by atoms with Gasteiger partial charge in [-0.1, -0.05) is 24.9 Å².